The summed E-state index contributed by atoms with van der Waals surface area (Å²) < 4.78 is 80.1. The molecule has 3 rings (SSSR count). The zero-order chi connectivity index (χ0) is 31.8. The molecule has 3 fully saturated rings. The van der Waals surface area contributed by atoms with Gasteiger partial charge in [0.25, 0.3) is 5.60 Å². The fourth-order valence-electron chi connectivity index (χ4n) is 8.11. The first kappa shape index (κ1) is 35.1. The van der Waals surface area contributed by atoms with Gasteiger partial charge in [0, 0.05) is 0 Å². The lowest BCUT2D eigenvalue weighted by Crippen LogP contribution is -2.55. The van der Waals surface area contributed by atoms with Crippen molar-refractivity contribution in [2.75, 3.05) is 0 Å². The van der Waals surface area contributed by atoms with Crippen LogP contribution >= 0.6 is 0 Å². The molecule has 3 aliphatic carbocycles. The molecule has 10 heteroatoms. The van der Waals surface area contributed by atoms with Crippen LogP contribution in [0.3, 0.4) is 0 Å². The molecule has 0 aromatic carbocycles. The first-order chi connectivity index (χ1) is 19.1. The molecular formula is C32H48F6O4. The van der Waals surface area contributed by atoms with E-state index < -0.39 is 41.2 Å². The summed E-state index contributed by atoms with van der Waals surface area (Å²) in [6, 6.07) is 0. The molecule has 0 heterocycles. The predicted octanol–water partition coefficient (Wildman–Crippen LogP) is 7.71. The third-order valence-corrected chi connectivity index (χ3v) is 10.2. The van der Waals surface area contributed by atoms with E-state index in [4.69, 9.17) is 0 Å². The SMILES string of the molecule is CC(C)(O)CCC[C@@](C)(C/C=C\C(O)(C(F)(F)F)C(F)(F)F)[C@H]1CC[C@H]2/C(=C/C=C3CC(O)C[C@H](O)C3)CCC[C@]12C. The number of allylic oxidation sites excluding steroid dienone is 4. The minimum Gasteiger partial charge on any atom is -0.393 e. The Morgan fingerprint density at radius 3 is 2.02 bits per heavy atom. The number of hydrogen-bond acceptors (Lipinski definition) is 4. The van der Waals surface area contributed by atoms with Crippen LogP contribution in [-0.2, 0) is 0 Å². The van der Waals surface area contributed by atoms with Crippen molar-refractivity contribution in [3.05, 3.63) is 35.5 Å². The summed E-state index contributed by atoms with van der Waals surface area (Å²) in [5.41, 5.74) is -4.53. The maximum absolute atomic E-state index is 13.3. The number of rotatable bonds is 9. The van der Waals surface area contributed by atoms with Gasteiger partial charge in [0.15, 0.2) is 0 Å². The van der Waals surface area contributed by atoms with Crippen molar-refractivity contribution in [1.82, 2.24) is 0 Å². The van der Waals surface area contributed by atoms with Crippen molar-refractivity contribution in [2.45, 2.75) is 141 Å². The van der Waals surface area contributed by atoms with Gasteiger partial charge in [0.2, 0.25) is 0 Å². The molecule has 6 atom stereocenters. The third kappa shape index (κ3) is 7.83. The number of halogens is 6. The Hall–Kier alpha value is -1.36. The van der Waals surface area contributed by atoms with Crippen LogP contribution in [0.25, 0.3) is 0 Å². The summed E-state index contributed by atoms with van der Waals surface area (Å²) in [6.45, 7) is 7.44. The molecule has 3 aliphatic rings. The molecule has 1 unspecified atom stereocenters. The summed E-state index contributed by atoms with van der Waals surface area (Å²) in [6.07, 6.45) is -1.06. The van der Waals surface area contributed by atoms with E-state index in [-0.39, 0.29) is 29.7 Å². The summed E-state index contributed by atoms with van der Waals surface area (Å²) in [4.78, 5) is 0. The molecule has 0 radical (unpaired) electrons. The van der Waals surface area contributed by atoms with Crippen molar-refractivity contribution in [2.24, 2.45) is 22.7 Å². The maximum atomic E-state index is 13.3. The van der Waals surface area contributed by atoms with Gasteiger partial charge in [0.05, 0.1) is 17.8 Å². The van der Waals surface area contributed by atoms with Gasteiger partial charge >= 0.3 is 12.4 Å². The average Bonchev–Trinajstić information content (AvgIpc) is 3.18. The number of aliphatic hydroxyl groups is 4. The standard InChI is InChI=1S/C32H48F6O4/c1-27(2,41)13-6-14-28(3,15-7-17-30(42,31(33,34)35)32(36,37)38)26-12-11-25-22(8-5-16-29(25,26)4)10-9-21-18-23(39)20-24(40)19-21/h7,9-10,17,23-26,39-42H,5-6,8,11-16,18-20H2,1-4H3/b17-7-,21-9?,22-10+/t23-,24?,25+,26-,28+,29+/m1/s1. The molecule has 0 bridgehead atoms. The first-order valence-electron chi connectivity index (χ1n) is 15.1. The van der Waals surface area contributed by atoms with Crippen LogP contribution in [-0.4, -0.2) is 56.2 Å². The maximum Gasteiger partial charge on any atom is 0.429 e. The van der Waals surface area contributed by atoms with Gasteiger partial charge in [-0.3, -0.25) is 0 Å². The Balaban J connectivity index is 1.91. The van der Waals surface area contributed by atoms with Crippen LogP contribution in [0.15, 0.2) is 35.5 Å². The lowest BCUT2D eigenvalue weighted by molar-refractivity contribution is -0.347. The van der Waals surface area contributed by atoms with Gasteiger partial charge in [-0.2, -0.15) is 26.3 Å². The minimum atomic E-state index is -5.91. The van der Waals surface area contributed by atoms with Crippen LogP contribution < -0.4 is 0 Å². The summed E-state index contributed by atoms with van der Waals surface area (Å²) in [5.74, 6) is 0.201. The van der Waals surface area contributed by atoms with Crippen LogP contribution in [0.2, 0.25) is 0 Å². The number of hydrogen-bond donors (Lipinski definition) is 4. The minimum absolute atomic E-state index is 0.000925. The van der Waals surface area contributed by atoms with Gasteiger partial charge < -0.3 is 20.4 Å². The molecular weight excluding hydrogens is 562 g/mol. The van der Waals surface area contributed by atoms with E-state index in [0.29, 0.717) is 38.5 Å². The highest BCUT2D eigenvalue weighted by atomic mass is 19.4. The molecule has 242 valence electrons. The van der Waals surface area contributed by atoms with E-state index >= 15 is 0 Å². The number of alkyl halides is 6. The molecule has 0 saturated heterocycles. The topological polar surface area (TPSA) is 80.9 Å². The lowest BCUT2D eigenvalue weighted by Gasteiger charge is -2.49. The number of aliphatic hydroxyl groups excluding tert-OH is 2. The molecule has 0 aromatic heterocycles. The predicted molar refractivity (Wildman–Crippen MR) is 149 cm³/mol. The quantitative estimate of drug-likeness (QED) is 0.159. The highest BCUT2D eigenvalue weighted by Gasteiger charge is 2.69. The van der Waals surface area contributed by atoms with E-state index in [0.717, 1.165) is 43.8 Å². The van der Waals surface area contributed by atoms with E-state index in [2.05, 4.69) is 13.0 Å². The highest BCUT2D eigenvalue weighted by molar-refractivity contribution is 5.27. The second-order valence-electron chi connectivity index (χ2n) is 14.2. The largest absolute Gasteiger partial charge is 0.429 e. The van der Waals surface area contributed by atoms with Crippen molar-refractivity contribution >= 4 is 0 Å². The molecule has 0 aliphatic heterocycles. The zero-order valence-corrected chi connectivity index (χ0v) is 25.2. The van der Waals surface area contributed by atoms with Gasteiger partial charge in [-0.1, -0.05) is 49.6 Å². The van der Waals surface area contributed by atoms with E-state index in [1.165, 1.54) is 5.57 Å². The number of fused-ring (bicyclic) bond motifs is 1. The van der Waals surface area contributed by atoms with E-state index in [1.54, 1.807) is 13.8 Å². The summed E-state index contributed by atoms with van der Waals surface area (Å²) in [7, 11) is 0. The van der Waals surface area contributed by atoms with Crippen molar-refractivity contribution in [3.8, 4) is 0 Å². The molecule has 42 heavy (non-hydrogen) atoms. The fourth-order valence-corrected chi connectivity index (χ4v) is 8.11. The Bertz CT molecular complexity index is 997. The first-order valence-corrected chi connectivity index (χ1v) is 15.1. The van der Waals surface area contributed by atoms with Gasteiger partial charge in [-0.05, 0) is 113 Å². The molecule has 0 spiro atoms. The normalized spacial score (nSPS) is 33.4. The third-order valence-electron chi connectivity index (χ3n) is 10.2. The zero-order valence-electron chi connectivity index (χ0n) is 25.2. The van der Waals surface area contributed by atoms with Crippen molar-refractivity contribution < 1.29 is 46.8 Å². The van der Waals surface area contributed by atoms with Gasteiger partial charge in [-0.25, -0.2) is 0 Å². The summed E-state index contributed by atoms with van der Waals surface area (Å²) >= 11 is 0. The van der Waals surface area contributed by atoms with Crippen LogP contribution in [0.4, 0.5) is 26.3 Å². The Labute approximate surface area is 245 Å². The van der Waals surface area contributed by atoms with Crippen molar-refractivity contribution in [1.29, 1.82) is 0 Å². The van der Waals surface area contributed by atoms with Gasteiger partial charge in [0.1, 0.15) is 0 Å². The smallest absolute Gasteiger partial charge is 0.393 e. The molecule has 4 N–H and O–H groups in total. The van der Waals surface area contributed by atoms with Crippen LogP contribution in [0.1, 0.15) is 105 Å². The highest BCUT2D eigenvalue weighted by Crippen LogP contribution is 2.64. The molecule has 0 aromatic rings. The van der Waals surface area contributed by atoms with E-state index in [1.807, 2.05) is 13.0 Å². The fraction of sp³-hybridized carbons (Fsp3) is 0.812. The molecule has 0 amide bonds. The Morgan fingerprint density at radius 1 is 0.881 bits per heavy atom. The summed E-state index contributed by atoms with van der Waals surface area (Å²) in [5, 5.41) is 40.1. The van der Waals surface area contributed by atoms with Crippen LogP contribution in [0.5, 0.6) is 0 Å². The molecule has 4 nitrogen and oxygen atoms in total. The van der Waals surface area contributed by atoms with Gasteiger partial charge in [-0.15, -0.1) is 0 Å². The average molecular weight is 611 g/mol. The monoisotopic (exact) mass is 610 g/mol. The second-order valence-corrected chi connectivity index (χ2v) is 14.2. The lowest BCUT2D eigenvalue weighted by atomic mass is 9.55. The second kappa shape index (κ2) is 12.6. The Morgan fingerprint density at radius 2 is 1.48 bits per heavy atom. The molecule has 3 saturated carbocycles. The van der Waals surface area contributed by atoms with Crippen LogP contribution in [0, 0.1) is 22.7 Å². The Kier molecular flexibility index (Phi) is 10.5. The van der Waals surface area contributed by atoms with E-state index in [9.17, 15) is 46.8 Å². The van der Waals surface area contributed by atoms with Crippen molar-refractivity contribution in [3.63, 3.8) is 0 Å².